The third kappa shape index (κ3) is 7.09. The van der Waals surface area contributed by atoms with Crippen LogP contribution in [0.15, 0.2) is 12.2 Å². The van der Waals surface area contributed by atoms with E-state index in [1.165, 1.54) is 6.08 Å². The summed E-state index contributed by atoms with van der Waals surface area (Å²) >= 11 is 0. The summed E-state index contributed by atoms with van der Waals surface area (Å²) in [6, 6.07) is 0. The maximum Gasteiger partial charge on any atom is 0.429 e. The Hall–Kier alpha value is -2.25. The van der Waals surface area contributed by atoms with Crippen molar-refractivity contribution in [3.05, 3.63) is 12.2 Å². The molecule has 8 nitrogen and oxygen atoms in total. The molecule has 0 unspecified atom stereocenters. The van der Waals surface area contributed by atoms with Crippen molar-refractivity contribution < 1.29 is 29.0 Å². The van der Waals surface area contributed by atoms with Crippen LogP contribution >= 0.6 is 0 Å². The standard InChI is InChI=1S/C10H16N2O6/c1-3-17-9(15)11-12(10(16)18-4-2)7-5-6-8(13)14/h5-6H,3-4,7H2,1-2H3,(H,11,15)(H,13,14)/b6-5+. The first kappa shape index (κ1) is 15.8. The number of hydrogen-bond donors (Lipinski definition) is 2. The summed E-state index contributed by atoms with van der Waals surface area (Å²) in [6.07, 6.45) is 0.403. The zero-order chi connectivity index (χ0) is 14.0. The minimum absolute atomic E-state index is 0.127. The van der Waals surface area contributed by atoms with Crippen molar-refractivity contribution in [3.63, 3.8) is 0 Å². The van der Waals surface area contributed by atoms with Crippen LogP contribution in [-0.4, -0.2) is 48.0 Å². The number of nitrogens with zero attached hydrogens (tertiary/aromatic N) is 1. The summed E-state index contributed by atoms with van der Waals surface area (Å²) in [6.45, 7) is 3.34. The van der Waals surface area contributed by atoms with E-state index in [0.717, 1.165) is 11.1 Å². The van der Waals surface area contributed by atoms with Gasteiger partial charge in [-0.25, -0.2) is 24.8 Å². The number of ether oxygens (including phenoxy) is 2. The molecule has 0 aliphatic heterocycles. The van der Waals surface area contributed by atoms with Crippen molar-refractivity contribution in [2.24, 2.45) is 0 Å². The summed E-state index contributed by atoms with van der Waals surface area (Å²) in [5.74, 6) is -1.16. The predicted molar refractivity (Wildman–Crippen MR) is 60.7 cm³/mol. The first-order valence-electron chi connectivity index (χ1n) is 5.28. The highest BCUT2D eigenvalue weighted by molar-refractivity contribution is 5.80. The van der Waals surface area contributed by atoms with Gasteiger partial charge in [0.05, 0.1) is 19.8 Å². The highest BCUT2D eigenvalue weighted by atomic mass is 16.6. The molecule has 0 heterocycles. The molecule has 0 saturated heterocycles. The van der Waals surface area contributed by atoms with E-state index in [2.05, 4.69) is 14.9 Å². The molecule has 0 aromatic heterocycles. The average Bonchev–Trinajstić information content (AvgIpc) is 2.28. The fourth-order valence-corrected chi connectivity index (χ4v) is 0.900. The van der Waals surface area contributed by atoms with Crippen LogP contribution in [0.1, 0.15) is 13.8 Å². The molecule has 0 fully saturated rings. The smallest absolute Gasteiger partial charge is 0.429 e. The lowest BCUT2D eigenvalue weighted by molar-refractivity contribution is -0.131. The van der Waals surface area contributed by atoms with Gasteiger partial charge in [0.25, 0.3) is 0 Å². The van der Waals surface area contributed by atoms with E-state index in [0.29, 0.717) is 0 Å². The molecule has 0 aromatic rings. The SMILES string of the molecule is CCOC(=O)NN(C/C=C/C(=O)O)C(=O)OCC. The lowest BCUT2D eigenvalue weighted by Crippen LogP contribution is -2.46. The Morgan fingerprint density at radius 3 is 2.33 bits per heavy atom. The van der Waals surface area contributed by atoms with Gasteiger partial charge < -0.3 is 14.6 Å². The van der Waals surface area contributed by atoms with E-state index >= 15 is 0 Å². The largest absolute Gasteiger partial charge is 0.478 e. The van der Waals surface area contributed by atoms with Crippen molar-refractivity contribution in [2.75, 3.05) is 19.8 Å². The molecule has 18 heavy (non-hydrogen) atoms. The van der Waals surface area contributed by atoms with E-state index in [1.54, 1.807) is 13.8 Å². The highest BCUT2D eigenvalue weighted by Crippen LogP contribution is 1.93. The third-order valence-electron chi connectivity index (χ3n) is 1.54. The second-order valence-corrected chi connectivity index (χ2v) is 2.88. The van der Waals surface area contributed by atoms with E-state index < -0.39 is 18.2 Å². The number of nitrogens with one attached hydrogen (secondary N) is 1. The van der Waals surface area contributed by atoms with Gasteiger partial charge in [0, 0.05) is 6.08 Å². The number of hydrogen-bond acceptors (Lipinski definition) is 5. The Morgan fingerprint density at radius 1 is 1.22 bits per heavy atom. The minimum atomic E-state index is -1.16. The van der Waals surface area contributed by atoms with E-state index in [-0.39, 0.29) is 19.8 Å². The Bertz CT molecular complexity index is 328. The zero-order valence-corrected chi connectivity index (χ0v) is 10.2. The molecular formula is C10H16N2O6. The minimum Gasteiger partial charge on any atom is -0.478 e. The first-order valence-corrected chi connectivity index (χ1v) is 5.28. The number of carbonyl (C=O) groups is 3. The second kappa shape index (κ2) is 8.85. The second-order valence-electron chi connectivity index (χ2n) is 2.88. The van der Waals surface area contributed by atoms with Gasteiger partial charge in [-0.3, -0.25) is 0 Å². The molecule has 0 rings (SSSR count). The average molecular weight is 260 g/mol. The summed E-state index contributed by atoms with van der Waals surface area (Å²) in [5, 5.41) is 9.21. The fraction of sp³-hybridized carbons (Fsp3) is 0.500. The summed E-state index contributed by atoms with van der Waals surface area (Å²) in [4.78, 5) is 32.8. The van der Waals surface area contributed by atoms with Crippen LogP contribution < -0.4 is 5.43 Å². The molecule has 0 radical (unpaired) electrons. The summed E-state index contributed by atoms with van der Waals surface area (Å²) in [7, 11) is 0. The van der Waals surface area contributed by atoms with Crippen molar-refractivity contribution >= 4 is 18.2 Å². The Labute approximate surface area is 104 Å². The van der Waals surface area contributed by atoms with Gasteiger partial charge in [0.15, 0.2) is 0 Å². The van der Waals surface area contributed by atoms with Crippen molar-refractivity contribution in [2.45, 2.75) is 13.8 Å². The molecule has 2 amide bonds. The van der Waals surface area contributed by atoms with Gasteiger partial charge in [-0.2, -0.15) is 0 Å². The topological polar surface area (TPSA) is 105 Å². The van der Waals surface area contributed by atoms with Gasteiger partial charge in [0.1, 0.15) is 0 Å². The fourth-order valence-electron chi connectivity index (χ4n) is 0.900. The van der Waals surface area contributed by atoms with Gasteiger partial charge in [0.2, 0.25) is 0 Å². The maximum absolute atomic E-state index is 11.4. The lowest BCUT2D eigenvalue weighted by atomic mass is 10.5. The molecule has 2 N–H and O–H groups in total. The van der Waals surface area contributed by atoms with Gasteiger partial charge in [-0.05, 0) is 13.8 Å². The lowest BCUT2D eigenvalue weighted by Gasteiger charge is -2.20. The first-order chi connectivity index (χ1) is 8.51. The molecule has 0 aromatic carbocycles. The van der Waals surface area contributed by atoms with Gasteiger partial charge in [-0.1, -0.05) is 6.08 Å². The summed E-state index contributed by atoms with van der Waals surface area (Å²) < 4.78 is 9.26. The number of carboxylic acids is 1. The maximum atomic E-state index is 11.4. The van der Waals surface area contributed by atoms with E-state index in [1.807, 2.05) is 0 Å². The monoisotopic (exact) mass is 260 g/mol. The molecule has 8 heteroatoms. The predicted octanol–water partition coefficient (Wildman–Crippen LogP) is 0.747. The van der Waals surface area contributed by atoms with E-state index in [4.69, 9.17) is 5.11 Å². The van der Waals surface area contributed by atoms with Crippen LogP contribution in [-0.2, 0) is 14.3 Å². The number of amides is 2. The summed E-state index contributed by atoms with van der Waals surface area (Å²) in [5.41, 5.74) is 2.13. The Balaban J connectivity index is 4.46. The quantitative estimate of drug-likeness (QED) is 0.558. The third-order valence-corrected chi connectivity index (χ3v) is 1.54. The number of carboxylic acid groups (broad SMARTS) is 1. The number of hydrazine groups is 1. The molecule has 0 atom stereocenters. The van der Waals surface area contributed by atoms with E-state index in [9.17, 15) is 14.4 Å². The van der Waals surface area contributed by atoms with Crippen LogP contribution in [0, 0.1) is 0 Å². The number of carbonyl (C=O) groups excluding carboxylic acids is 2. The number of rotatable bonds is 5. The number of aliphatic carboxylic acids is 1. The molecular weight excluding hydrogens is 244 g/mol. The molecule has 0 aliphatic rings. The van der Waals surface area contributed by atoms with Crippen molar-refractivity contribution in [1.29, 1.82) is 0 Å². The van der Waals surface area contributed by atoms with Crippen molar-refractivity contribution in [3.8, 4) is 0 Å². The Morgan fingerprint density at radius 2 is 1.83 bits per heavy atom. The normalized spacial score (nSPS) is 9.89. The van der Waals surface area contributed by atoms with Crippen LogP contribution in [0.2, 0.25) is 0 Å². The highest BCUT2D eigenvalue weighted by Gasteiger charge is 2.16. The van der Waals surface area contributed by atoms with Gasteiger partial charge >= 0.3 is 18.2 Å². The van der Waals surface area contributed by atoms with Gasteiger partial charge in [-0.15, -0.1) is 0 Å². The molecule has 0 saturated carbocycles. The Kier molecular flexibility index (Phi) is 7.74. The van der Waals surface area contributed by atoms with Crippen LogP contribution in [0.4, 0.5) is 9.59 Å². The van der Waals surface area contributed by atoms with Crippen LogP contribution in [0.5, 0.6) is 0 Å². The molecule has 0 aliphatic carbocycles. The van der Waals surface area contributed by atoms with Crippen LogP contribution in [0.25, 0.3) is 0 Å². The van der Waals surface area contributed by atoms with Crippen LogP contribution in [0.3, 0.4) is 0 Å². The molecule has 0 bridgehead atoms. The van der Waals surface area contributed by atoms with Crippen molar-refractivity contribution in [1.82, 2.24) is 10.4 Å². The molecule has 102 valence electrons. The molecule has 0 spiro atoms. The zero-order valence-electron chi connectivity index (χ0n) is 10.2.